The van der Waals surface area contributed by atoms with E-state index >= 15 is 0 Å². The van der Waals surface area contributed by atoms with E-state index in [-0.39, 0.29) is 12.6 Å². The summed E-state index contributed by atoms with van der Waals surface area (Å²) in [5, 5.41) is 2.88. The average molecular weight is 376 g/mol. The summed E-state index contributed by atoms with van der Waals surface area (Å²) >= 11 is 1.77. The zero-order valence-electron chi connectivity index (χ0n) is 15.3. The Balaban J connectivity index is 1.71. The van der Waals surface area contributed by atoms with Gasteiger partial charge in [-0.2, -0.15) is 0 Å². The molecule has 0 aliphatic carbocycles. The van der Waals surface area contributed by atoms with Crippen molar-refractivity contribution in [1.29, 1.82) is 0 Å². The Morgan fingerprint density at radius 3 is 2.69 bits per heavy atom. The summed E-state index contributed by atoms with van der Waals surface area (Å²) in [4.78, 5) is 26.5. The van der Waals surface area contributed by atoms with Crippen molar-refractivity contribution in [2.24, 2.45) is 0 Å². The van der Waals surface area contributed by atoms with Crippen LogP contribution in [-0.4, -0.2) is 43.4 Å². The largest absolute Gasteiger partial charge is 0.465 e. The molecule has 0 aliphatic rings. The smallest absolute Gasteiger partial charge is 0.341 e. The summed E-state index contributed by atoms with van der Waals surface area (Å²) in [5.41, 5.74) is 0.384. The number of esters is 1. The first-order valence-electron chi connectivity index (χ1n) is 8.35. The lowest BCUT2D eigenvalue weighted by molar-refractivity contribution is 0.0598. The van der Waals surface area contributed by atoms with Crippen LogP contribution in [0.4, 0.5) is 4.79 Å². The highest BCUT2D eigenvalue weighted by Gasteiger charge is 2.17. The minimum Gasteiger partial charge on any atom is -0.465 e. The Labute approximate surface area is 157 Å². The molecule has 2 amide bonds. The highest BCUT2D eigenvalue weighted by molar-refractivity contribution is 7.99. The zero-order valence-corrected chi connectivity index (χ0v) is 16.1. The molecule has 0 unspecified atom stereocenters. The molecule has 26 heavy (non-hydrogen) atoms. The van der Waals surface area contributed by atoms with Crippen LogP contribution in [0.3, 0.4) is 0 Å². The molecule has 0 spiro atoms. The zero-order chi connectivity index (χ0) is 18.9. The molecule has 0 saturated heterocycles. The number of rotatable bonds is 8. The number of thioether (sulfide) groups is 1. The molecule has 0 atom stereocenters. The molecular weight excluding hydrogens is 352 g/mol. The molecule has 0 fully saturated rings. The topological polar surface area (TPSA) is 71.8 Å². The molecule has 2 rings (SSSR count). The van der Waals surface area contributed by atoms with Gasteiger partial charge in [-0.25, -0.2) is 9.59 Å². The van der Waals surface area contributed by atoms with E-state index in [1.807, 2.05) is 18.2 Å². The van der Waals surface area contributed by atoms with Crippen molar-refractivity contribution in [2.75, 3.05) is 26.5 Å². The van der Waals surface area contributed by atoms with Gasteiger partial charge in [0.25, 0.3) is 0 Å². The van der Waals surface area contributed by atoms with E-state index in [0.29, 0.717) is 23.6 Å². The molecule has 1 heterocycles. The standard InChI is InChI=1S/C19H24N2O4S/c1-14-17(18(22)24-3)12-15(25-14)13-21(2)19(23)20-10-7-11-26-16-8-5-4-6-9-16/h4-6,8-9,12H,7,10-11,13H2,1-3H3,(H,20,23). The van der Waals surface area contributed by atoms with Crippen molar-refractivity contribution in [3.63, 3.8) is 0 Å². The van der Waals surface area contributed by atoms with Gasteiger partial charge in [0.05, 0.1) is 13.7 Å². The predicted octanol–water partition coefficient (Wildman–Crippen LogP) is 3.70. The van der Waals surface area contributed by atoms with Gasteiger partial charge in [0.2, 0.25) is 0 Å². The van der Waals surface area contributed by atoms with Gasteiger partial charge in [-0.1, -0.05) is 18.2 Å². The third-order valence-electron chi connectivity index (χ3n) is 3.72. The Kier molecular flexibility index (Phi) is 7.59. The normalized spacial score (nSPS) is 10.4. The van der Waals surface area contributed by atoms with Crippen LogP contribution in [0.25, 0.3) is 0 Å². The van der Waals surface area contributed by atoms with Crippen LogP contribution >= 0.6 is 11.8 Å². The molecule has 140 valence electrons. The molecule has 1 aromatic heterocycles. The summed E-state index contributed by atoms with van der Waals surface area (Å²) in [6.45, 7) is 2.58. The Morgan fingerprint density at radius 2 is 2.00 bits per heavy atom. The van der Waals surface area contributed by atoms with E-state index in [9.17, 15) is 9.59 Å². The molecule has 6 nitrogen and oxygen atoms in total. The predicted molar refractivity (Wildman–Crippen MR) is 101 cm³/mol. The monoisotopic (exact) mass is 376 g/mol. The number of benzene rings is 1. The number of hydrogen-bond donors (Lipinski definition) is 1. The fraction of sp³-hybridized carbons (Fsp3) is 0.368. The summed E-state index contributed by atoms with van der Waals surface area (Å²) in [5.74, 6) is 1.52. The summed E-state index contributed by atoms with van der Waals surface area (Å²) in [6, 6.07) is 11.6. The number of amides is 2. The third-order valence-corrected chi connectivity index (χ3v) is 4.82. The third kappa shape index (κ3) is 5.84. The molecule has 0 bridgehead atoms. The Bertz CT molecular complexity index is 730. The van der Waals surface area contributed by atoms with E-state index in [2.05, 4.69) is 17.4 Å². The second kappa shape index (κ2) is 9.91. The molecule has 2 aromatic rings. The number of carbonyl (C=O) groups excluding carboxylic acids is 2. The van der Waals surface area contributed by atoms with Gasteiger partial charge >= 0.3 is 12.0 Å². The first kappa shape index (κ1) is 19.9. The van der Waals surface area contributed by atoms with Gasteiger partial charge in [0, 0.05) is 18.5 Å². The van der Waals surface area contributed by atoms with Crippen LogP contribution in [0.1, 0.15) is 28.3 Å². The number of aryl methyl sites for hydroxylation is 1. The van der Waals surface area contributed by atoms with Gasteiger partial charge in [-0.05, 0) is 37.3 Å². The molecule has 7 heteroatoms. The summed E-state index contributed by atoms with van der Waals surface area (Å²) in [6.07, 6.45) is 0.880. The fourth-order valence-electron chi connectivity index (χ4n) is 2.35. The number of carbonyl (C=O) groups is 2. The minimum absolute atomic E-state index is 0.177. The van der Waals surface area contributed by atoms with E-state index in [1.165, 1.54) is 16.9 Å². The first-order chi connectivity index (χ1) is 12.5. The van der Waals surface area contributed by atoms with Crippen molar-refractivity contribution in [3.05, 3.63) is 53.5 Å². The van der Waals surface area contributed by atoms with Crippen LogP contribution in [0.5, 0.6) is 0 Å². The molecule has 1 aromatic carbocycles. The maximum Gasteiger partial charge on any atom is 0.341 e. The van der Waals surface area contributed by atoms with Crippen molar-refractivity contribution in [2.45, 2.75) is 24.8 Å². The number of urea groups is 1. The number of ether oxygens (including phenoxy) is 1. The van der Waals surface area contributed by atoms with Gasteiger partial charge < -0.3 is 19.4 Å². The van der Waals surface area contributed by atoms with Gasteiger partial charge in [-0.3, -0.25) is 0 Å². The van der Waals surface area contributed by atoms with Crippen LogP contribution in [0.2, 0.25) is 0 Å². The molecular formula is C19H24N2O4S. The minimum atomic E-state index is -0.444. The Hall–Kier alpha value is -2.41. The van der Waals surface area contributed by atoms with Crippen molar-refractivity contribution in [3.8, 4) is 0 Å². The van der Waals surface area contributed by atoms with Crippen molar-refractivity contribution >= 4 is 23.8 Å². The quantitative estimate of drug-likeness (QED) is 0.432. The van der Waals surface area contributed by atoms with Gasteiger partial charge in [0.15, 0.2) is 0 Å². The molecule has 0 aliphatic heterocycles. The molecule has 0 radical (unpaired) electrons. The van der Waals surface area contributed by atoms with Crippen LogP contribution in [-0.2, 0) is 11.3 Å². The van der Waals surface area contributed by atoms with Gasteiger partial charge in [-0.15, -0.1) is 11.8 Å². The fourth-order valence-corrected chi connectivity index (χ4v) is 3.22. The number of nitrogens with one attached hydrogen (secondary N) is 1. The summed E-state index contributed by atoms with van der Waals surface area (Å²) in [7, 11) is 3.01. The second-order valence-corrected chi connectivity index (χ2v) is 6.95. The molecule has 0 saturated carbocycles. The lowest BCUT2D eigenvalue weighted by atomic mass is 10.2. The number of nitrogens with zero attached hydrogens (tertiary/aromatic N) is 1. The SMILES string of the molecule is COC(=O)c1cc(CN(C)C(=O)NCCCSc2ccccc2)oc1C. The number of furan rings is 1. The lowest BCUT2D eigenvalue weighted by Crippen LogP contribution is -2.37. The highest BCUT2D eigenvalue weighted by Crippen LogP contribution is 2.18. The van der Waals surface area contributed by atoms with Crippen LogP contribution < -0.4 is 5.32 Å². The van der Waals surface area contributed by atoms with Crippen molar-refractivity contribution < 1.29 is 18.7 Å². The van der Waals surface area contributed by atoms with E-state index in [4.69, 9.17) is 9.15 Å². The number of methoxy groups -OCH3 is 1. The maximum atomic E-state index is 12.1. The number of hydrogen-bond acceptors (Lipinski definition) is 5. The van der Waals surface area contributed by atoms with E-state index in [1.54, 1.807) is 31.8 Å². The second-order valence-electron chi connectivity index (χ2n) is 5.78. The van der Waals surface area contributed by atoms with Crippen LogP contribution in [0, 0.1) is 6.92 Å². The van der Waals surface area contributed by atoms with E-state index in [0.717, 1.165) is 12.2 Å². The van der Waals surface area contributed by atoms with Gasteiger partial charge in [0.1, 0.15) is 17.1 Å². The van der Waals surface area contributed by atoms with Crippen molar-refractivity contribution in [1.82, 2.24) is 10.2 Å². The average Bonchev–Trinajstić information content (AvgIpc) is 3.01. The summed E-state index contributed by atoms with van der Waals surface area (Å²) < 4.78 is 10.2. The molecule has 1 N–H and O–H groups in total. The van der Waals surface area contributed by atoms with E-state index < -0.39 is 5.97 Å². The maximum absolute atomic E-state index is 12.1. The lowest BCUT2D eigenvalue weighted by Gasteiger charge is -2.16. The Morgan fingerprint density at radius 1 is 1.27 bits per heavy atom. The first-order valence-corrected chi connectivity index (χ1v) is 9.34. The van der Waals surface area contributed by atoms with Crippen LogP contribution in [0.15, 0.2) is 45.7 Å². The highest BCUT2D eigenvalue weighted by atomic mass is 32.2.